The van der Waals surface area contributed by atoms with Crippen LogP contribution in [0.25, 0.3) is 17.1 Å². The second-order valence-corrected chi connectivity index (χ2v) is 7.90. The quantitative estimate of drug-likeness (QED) is 0.281. The second-order valence-electron chi connectivity index (χ2n) is 7.46. The van der Waals surface area contributed by atoms with Crippen LogP contribution in [-0.2, 0) is 11.3 Å². The van der Waals surface area contributed by atoms with Gasteiger partial charge in [-0.25, -0.2) is 18.6 Å². The summed E-state index contributed by atoms with van der Waals surface area (Å²) in [7, 11) is 0. The minimum absolute atomic E-state index is 0.100. The van der Waals surface area contributed by atoms with E-state index in [2.05, 4.69) is 4.98 Å². The summed E-state index contributed by atoms with van der Waals surface area (Å²) in [5, 5.41) is 0.481. The Bertz CT molecular complexity index is 1350. The Kier molecular flexibility index (Phi) is 6.93. The lowest BCUT2D eigenvalue weighted by Crippen LogP contribution is -2.10. The Morgan fingerprint density at radius 1 is 1.06 bits per heavy atom. The summed E-state index contributed by atoms with van der Waals surface area (Å²) in [6.07, 6.45) is 0. The number of benzene rings is 2. The Morgan fingerprint density at radius 2 is 1.88 bits per heavy atom. The fourth-order valence-electron chi connectivity index (χ4n) is 3.54. The molecule has 8 heteroatoms. The number of carbonyl (C=O) groups excluding carboxylic acids is 1. The molecule has 0 amide bonds. The van der Waals surface area contributed by atoms with E-state index in [9.17, 15) is 13.6 Å². The van der Waals surface area contributed by atoms with Crippen molar-refractivity contribution in [3.8, 4) is 22.8 Å². The number of pyridine rings is 1. The van der Waals surface area contributed by atoms with E-state index >= 15 is 0 Å². The van der Waals surface area contributed by atoms with Crippen LogP contribution in [0.4, 0.5) is 8.78 Å². The van der Waals surface area contributed by atoms with Crippen molar-refractivity contribution >= 4 is 17.6 Å². The van der Waals surface area contributed by atoms with Crippen LogP contribution in [0.5, 0.6) is 5.75 Å². The normalized spacial score (nSPS) is 10.9. The molecule has 0 radical (unpaired) electrons. The zero-order valence-corrected chi connectivity index (χ0v) is 19.3. The number of nitrogens with zero attached hydrogens (tertiary/aromatic N) is 2. The van der Waals surface area contributed by atoms with Gasteiger partial charge in [0.25, 0.3) is 0 Å². The van der Waals surface area contributed by atoms with E-state index in [0.717, 1.165) is 11.8 Å². The molecule has 0 aliphatic rings. The summed E-state index contributed by atoms with van der Waals surface area (Å²) in [5.41, 5.74) is 2.62. The molecule has 2 aromatic heterocycles. The molecule has 0 bridgehead atoms. The molecule has 0 saturated carbocycles. The molecular weight excluding hydrogens is 462 g/mol. The number of ether oxygens (including phenoxy) is 2. The number of carbonyl (C=O) groups is 1. The third-order valence-electron chi connectivity index (χ3n) is 5.14. The molecule has 0 saturated heterocycles. The molecule has 4 rings (SSSR count). The monoisotopic (exact) mass is 482 g/mol. The van der Waals surface area contributed by atoms with E-state index < -0.39 is 17.6 Å². The highest BCUT2D eigenvalue weighted by Crippen LogP contribution is 2.36. The average molecular weight is 483 g/mol. The van der Waals surface area contributed by atoms with Crippen molar-refractivity contribution in [3.05, 3.63) is 100 Å². The van der Waals surface area contributed by atoms with Gasteiger partial charge in [0.15, 0.2) is 5.69 Å². The predicted molar refractivity (Wildman–Crippen MR) is 125 cm³/mol. The molecule has 0 fully saturated rings. The van der Waals surface area contributed by atoms with Crippen LogP contribution >= 0.6 is 11.6 Å². The predicted octanol–water partition coefficient (Wildman–Crippen LogP) is 6.54. The smallest absolute Gasteiger partial charge is 0.356 e. The van der Waals surface area contributed by atoms with Gasteiger partial charge in [-0.3, -0.25) is 4.57 Å². The van der Waals surface area contributed by atoms with Crippen molar-refractivity contribution in [1.29, 1.82) is 0 Å². The zero-order valence-electron chi connectivity index (χ0n) is 18.5. The lowest BCUT2D eigenvalue weighted by Gasteiger charge is -2.16. The minimum atomic E-state index is -0.685. The summed E-state index contributed by atoms with van der Waals surface area (Å²) < 4.78 is 40.2. The third-order valence-corrected chi connectivity index (χ3v) is 5.38. The van der Waals surface area contributed by atoms with E-state index in [0.29, 0.717) is 27.8 Å². The fourth-order valence-corrected chi connectivity index (χ4v) is 3.71. The first-order valence-electron chi connectivity index (χ1n) is 10.6. The fraction of sp³-hybridized carbons (Fsp3) is 0.154. The summed E-state index contributed by atoms with van der Waals surface area (Å²) in [4.78, 5) is 16.7. The number of rotatable bonds is 7. The van der Waals surface area contributed by atoms with Gasteiger partial charge in [-0.1, -0.05) is 17.7 Å². The molecule has 174 valence electrons. The maximum Gasteiger partial charge on any atom is 0.356 e. The van der Waals surface area contributed by atoms with Crippen LogP contribution in [0, 0.1) is 18.6 Å². The van der Waals surface area contributed by atoms with E-state index in [1.165, 1.54) is 12.1 Å². The van der Waals surface area contributed by atoms with Gasteiger partial charge in [0.2, 0.25) is 0 Å². The Balaban J connectivity index is 1.73. The first-order chi connectivity index (χ1) is 16.4. The van der Waals surface area contributed by atoms with Gasteiger partial charge in [-0.05, 0) is 68.4 Å². The molecular formula is C26H21ClF2N2O3. The van der Waals surface area contributed by atoms with Crippen molar-refractivity contribution in [1.82, 2.24) is 9.55 Å². The van der Waals surface area contributed by atoms with Crippen molar-refractivity contribution < 1.29 is 23.0 Å². The molecule has 0 atom stereocenters. The first-order valence-corrected chi connectivity index (χ1v) is 10.9. The zero-order chi connectivity index (χ0) is 24.2. The topological polar surface area (TPSA) is 53.4 Å². The number of esters is 1. The molecule has 2 aromatic carbocycles. The summed E-state index contributed by atoms with van der Waals surface area (Å²) in [6.45, 7) is 3.78. The molecule has 2 heterocycles. The largest absolute Gasteiger partial charge is 0.488 e. The van der Waals surface area contributed by atoms with Gasteiger partial charge in [-0.15, -0.1) is 0 Å². The average Bonchev–Trinajstić information content (AvgIpc) is 3.20. The van der Waals surface area contributed by atoms with Crippen LogP contribution in [0.3, 0.4) is 0 Å². The second kappa shape index (κ2) is 10.1. The van der Waals surface area contributed by atoms with E-state index in [-0.39, 0.29) is 24.5 Å². The molecule has 0 unspecified atom stereocenters. The third kappa shape index (κ3) is 4.94. The number of aryl methyl sites for hydroxylation is 1. The SMILES string of the molecule is CCOC(=O)c1cccc(-n2c(C)ccc2-c2cc(Cl)ccc2OCc2ccc(F)cc2F)n1. The van der Waals surface area contributed by atoms with Crippen molar-refractivity contribution in [3.63, 3.8) is 0 Å². The summed E-state index contributed by atoms with van der Waals surface area (Å²) >= 11 is 6.29. The molecule has 0 N–H and O–H groups in total. The Morgan fingerprint density at radius 3 is 2.65 bits per heavy atom. The van der Waals surface area contributed by atoms with Gasteiger partial charge in [0.1, 0.15) is 29.8 Å². The van der Waals surface area contributed by atoms with Crippen molar-refractivity contribution in [2.45, 2.75) is 20.5 Å². The lowest BCUT2D eigenvalue weighted by molar-refractivity contribution is 0.0519. The number of aromatic nitrogens is 2. The maximum absolute atomic E-state index is 14.1. The Hall–Kier alpha value is -3.71. The lowest BCUT2D eigenvalue weighted by atomic mass is 10.1. The summed E-state index contributed by atoms with van der Waals surface area (Å²) in [5.74, 6) is -0.884. The van der Waals surface area contributed by atoms with Gasteiger partial charge < -0.3 is 9.47 Å². The van der Waals surface area contributed by atoms with Crippen molar-refractivity contribution in [2.24, 2.45) is 0 Å². The van der Waals surface area contributed by atoms with Crippen molar-refractivity contribution in [2.75, 3.05) is 6.61 Å². The molecule has 4 aromatic rings. The van der Waals surface area contributed by atoms with E-state index in [4.69, 9.17) is 21.1 Å². The minimum Gasteiger partial charge on any atom is -0.488 e. The van der Waals surface area contributed by atoms with Gasteiger partial charge in [0, 0.05) is 27.9 Å². The van der Waals surface area contributed by atoms with Crippen LogP contribution in [0.1, 0.15) is 28.7 Å². The Labute approximate surface area is 200 Å². The van der Waals surface area contributed by atoms with E-state index in [1.54, 1.807) is 43.3 Å². The first kappa shape index (κ1) is 23.4. The van der Waals surface area contributed by atoms with E-state index in [1.807, 2.05) is 23.6 Å². The molecule has 0 aliphatic heterocycles. The molecule has 5 nitrogen and oxygen atoms in total. The highest BCUT2D eigenvalue weighted by molar-refractivity contribution is 6.31. The highest BCUT2D eigenvalue weighted by atomic mass is 35.5. The highest BCUT2D eigenvalue weighted by Gasteiger charge is 2.18. The maximum atomic E-state index is 14.1. The van der Waals surface area contributed by atoms with Gasteiger partial charge in [0.05, 0.1) is 12.3 Å². The number of halogens is 3. The molecule has 0 aliphatic carbocycles. The number of hydrogen-bond donors (Lipinski definition) is 0. The van der Waals surface area contributed by atoms with Gasteiger partial charge in [-0.2, -0.15) is 0 Å². The summed E-state index contributed by atoms with van der Waals surface area (Å²) in [6, 6.07) is 17.3. The molecule has 0 spiro atoms. The van der Waals surface area contributed by atoms with Crippen LogP contribution in [-0.4, -0.2) is 22.1 Å². The van der Waals surface area contributed by atoms with Crippen LogP contribution < -0.4 is 4.74 Å². The standard InChI is InChI=1S/C26H21ClF2N2O3/c1-3-33-26(32)22-5-4-6-25(30-22)31-16(2)7-11-23(31)20-13-18(27)9-12-24(20)34-15-17-8-10-19(28)14-21(17)29/h4-14H,3,15H2,1-2H3. The number of hydrogen-bond acceptors (Lipinski definition) is 4. The van der Waals surface area contributed by atoms with Crippen LogP contribution in [0.2, 0.25) is 5.02 Å². The molecule has 34 heavy (non-hydrogen) atoms. The van der Waals surface area contributed by atoms with Gasteiger partial charge >= 0.3 is 5.97 Å². The van der Waals surface area contributed by atoms with Crippen LogP contribution in [0.15, 0.2) is 66.7 Å².